The van der Waals surface area contributed by atoms with Gasteiger partial charge in [0, 0.05) is 46.7 Å². The molecule has 1 aliphatic carbocycles. The molecule has 0 aliphatic heterocycles. The zero-order chi connectivity index (χ0) is 19.4. The lowest BCUT2D eigenvalue weighted by molar-refractivity contribution is -0.127. The van der Waals surface area contributed by atoms with Gasteiger partial charge in [-0.2, -0.15) is 0 Å². The molecule has 2 amide bonds. The highest BCUT2D eigenvalue weighted by Gasteiger charge is 2.28. The van der Waals surface area contributed by atoms with E-state index >= 15 is 0 Å². The summed E-state index contributed by atoms with van der Waals surface area (Å²) >= 11 is 0. The highest BCUT2D eigenvalue weighted by Crippen LogP contribution is 2.27. The van der Waals surface area contributed by atoms with Crippen molar-refractivity contribution in [2.75, 3.05) is 19.8 Å². The van der Waals surface area contributed by atoms with Gasteiger partial charge in [0.25, 0.3) is 0 Å². The molecule has 1 fully saturated rings. The summed E-state index contributed by atoms with van der Waals surface area (Å²) in [5.41, 5.74) is 0. The maximum atomic E-state index is 12.0. The maximum absolute atomic E-state index is 12.0. The van der Waals surface area contributed by atoms with Gasteiger partial charge in [-0.05, 0) is 38.5 Å². The van der Waals surface area contributed by atoms with E-state index in [1.165, 1.54) is 0 Å². The minimum Gasteiger partial charge on any atom is -0.381 e. The van der Waals surface area contributed by atoms with Crippen LogP contribution in [0.5, 0.6) is 0 Å². The van der Waals surface area contributed by atoms with Gasteiger partial charge in [0.2, 0.25) is 11.8 Å². The van der Waals surface area contributed by atoms with E-state index in [0.29, 0.717) is 38.4 Å². The summed E-state index contributed by atoms with van der Waals surface area (Å²) in [6.07, 6.45) is 6.05. The average molecular weight is 373 g/mol. The molecule has 154 valence electrons. The van der Waals surface area contributed by atoms with Crippen molar-refractivity contribution in [2.24, 2.45) is 11.8 Å². The van der Waals surface area contributed by atoms with Gasteiger partial charge in [0.1, 0.15) is 5.78 Å². The van der Waals surface area contributed by atoms with E-state index in [1.54, 1.807) is 0 Å². The monoisotopic (exact) mass is 372 g/mol. The minimum atomic E-state index is 0. The minimum absolute atomic E-state index is 0. The van der Waals surface area contributed by atoms with Crippen LogP contribution < -0.4 is 10.6 Å². The number of Topliss-reactive ketones (excluding diaryl/α,β-unsaturated/α-hetero) is 1. The van der Waals surface area contributed by atoms with Crippen molar-refractivity contribution in [3.05, 3.63) is 0 Å². The summed E-state index contributed by atoms with van der Waals surface area (Å²) < 4.78 is 5.45. The lowest BCUT2D eigenvalue weighted by Gasteiger charge is -2.29. The average Bonchev–Trinajstić information content (AvgIpc) is 2.61. The Balaban J connectivity index is 0. The summed E-state index contributed by atoms with van der Waals surface area (Å²) in [5, 5.41) is 5.88. The number of hydrogen-bond donors (Lipinski definition) is 2. The molecular weight excluding hydrogens is 332 g/mol. The van der Waals surface area contributed by atoms with E-state index in [-0.39, 0.29) is 32.5 Å². The van der Waals surface area contributed by atoms with Crippen LogP contribution in [0.3, 0.4) is 0 Å². The van der Waals surface area contributed by atoms with Gasteiger partial charge >= 0.3 is 0 Å². The first-order valence-electron chi connectivity index (χ1n) is 10.1. The van der Waals surface area contributed by atoms with Crippen molar-refractivity contribution in [3.8, 4) is 0 Å². The van der Waals surface area contributed by atoms with E-state index in [9.17, 15) is 14.4 Å². The Morgan fingerprint density at radius 2 is 1.73 bits per heavy atom. The van der Waals surface area contributed by atoms with Crippen molar-refractivity contribution in [1.29, 1.82) is 0 Å². The van der Waals surface area contributed by atoms with Crippen molar-refractivity contribution in [1.82, 2.24) is 10.6 Å². The Morgan fingerprint density at radius 1 is 1.04 bits per heavy atom. The van der Waals surface area contributed by atoms with Crippen LogP contribution in [-0.4, -0.2) is 43.4 Å². The molecule has 0 unspecified atom stereocenters. The Bertz CT molecular complexity index is 453. The summed E-state index contributed by atoms with van der Waals surface area (Å²) in [5.74, 6) is 0.721. The predicted molar refractivity (Wildman–Crippen MR) is 106 cm³/mol. The van der Waals surface area contributed by atoms with Crippen molar-refractivity contribution in [2.45, 2.75) is 78.2 Å². The molecule has 0 spiro atoms. The summed E-state index contributed by atoms with van der Waals surface area (Å²) in [4.78, 5) is 35.3. The van der Waals surface area contributed by atoms with Crippen molar-refractivity contribution < 1.29 is 22.0 Å². The molecule has 0 bridgehead atoms. The second kappa shape index (κ2) is 12.8. The normalized spacial score (nSPS) is 20.0. The third kappa shape index (κ3) is 9.32. The largest absolute Gasteiger partial charge is 0.381 e. The number of ether oxygens (including phenoxy) is 1. The first-order chi connectivity index (χ1) is 12.4. The highest BCUT2D eigenvalue weighted by atomic mass is 16.5. The third-order valence-corrected chi connectivity index (χ3v) is 4.80. The van der Waals surface area contributed by atoms with Gasteiger partial charge in [0.05, 0.1) is 6.61 Å². The Labute approximate surface area is 160 Å². The van der Waals surface area contributed by atoms with Gasteiger partial charge in [-0.3, -0.25) is 14.4 Å². The van der Waals surface area contributed by atoms with Crippen LogP contribution >= 0.6 is 0 Å². The number of nitrogens with one attached hydrogen (secondary N) is 2. The smallest absolute Gasteiger partial charge is 0.222 e. The van der Waals surface area contributed by atoms with Crippen LogP contribution in [0.4, 0.5) is 0 Å². The van der Waals surface area contributed by atoms with Crippen LogP contribution in [0.1, 0.15) is 75.0 Å². The standard InChI is InChI=1S/C20H36N2O4.2H2/c1-4-6-18(23)21-12-5-13-26-14-11-19(24)22-17-9-7-16(8-10-17)20(25)15(2)3;;/h15-17H,4-14H2,1-3H3,(H,21,23)(H,22,24);2*1H. The van der Waals surface area contributed by atoms with Crippen LogP contribution in [0.25, 0.3) is 0 Å². The molecule has 0 heterocycles. The van der Waals surface area contributed by atoms with Crippen molar-refractivity contribution >= 4 is 17.6 Å². The molecule has 26 heavy (non-hydrogen) atoms. The SMILES string of the molecule is CCCC(=O)NCCCOCCC(=O)NC1CCC(C(=O)C(C)C)CC1.[HH].[HH]. The zero-order valence-corrected chi connectivity index (χ0v) is 16.6. The molecule has 0 radical (unpaired) electrons. The molecule has 2 N–H and O–H groups in total. The molecular formula is C20H40N2O4. The van der Waals surface area contributed by atoms with Crippen LogP contribution in [-0.2, 0) is 19.1 Å². The Morgan fingerprint density at radius 3 is 2.35 bits per heavy atom. The number of carbonyl (C=O) groups excluding carboxylic acids is 3. The lowest BCUT2D eigenvalue weighted by Crippen LogP contribution is -2.39. The molecule has 1 rings (SSSR count). The molecule has 0 aromatic heterocycles. The summed E-state index contributed by atoms with van der Waals surface area (Å²) in [6, 6.07) is 0.187. The second-order valence-electron chi connectivity index (χ2n) is 7.49. The van der Waals surface area contributed by atoms with E-state index in [0.717, 1.165) is 38.5 Å². The summed E-state index contributed by atoms with van der Waals surface area (Å²) in [7, 11) is 0. The number of carbonyl (C=O) groups is 3. The van der Waals surface area contributed by atoms with Gasteiger partial charge in [-0.15, -0.1) is 0 Å². The molecule has 0 aromatic carbocycles. The maximum Gasteiger partial charge on any atom is 0.222 e. The number of rotatable bonds is 12. The zero-order valence-electron chi connectivity index (χ0n) is 16.6. The van der Waals surface area contributed by atoms with Gasteiger partial charge in [-0.25, -0.2) is 0 Å². The Kier molecular flexibility index (Phi) is 11.2. The molecule has 0 atom stereocenters. The predicted octanol–water partition coefficient (Wildman–Crippen LogP) is 3.09. The number of ketones is 1. The molecule has 6 heteroatoms. The number of hydrogen-bond acceptors (Lipinski definition) is 4. The van der Waals surface area contributed by atoms with Crippen LogP contribution in [0.15, 0.2) is 0 Å². The highest BCUT2D eigenvalue weighted by molar-refractivity contribution is 5.83. The quantitative estimate of drug-likeness (QED) is 0.516. The van der Waals surface area contributed by atoms with Crippen molar-refractivity contribution in [3.63, 3.8) is 0 Å². The van der Waals surface area contributed by atoms with Crippen LogP contribution in [0, 0.1) is 11.8 Å². The fourth-order valence-electron chi connectivity index (χ4n) is 3.28. The van der Waals surface area contributed by atoms with E-state index in [1.807, 2.05) is 20.8 Å². The topological polar surface area (TPSA) is 84.5 Å². The van der Waals surface area contributed by atoms with Crippen LogP contribution in [0.2, 0.25) is 0 Å². The Hall–Kier alpha value is -1.43. The van der Waals surface area contributed by atoms with E-state index in [2.05, 4.69) is 10.6 Å². The van der Waals surface area contributed by atoms with Gasteiger partial charge in [-0.1, -0.05) is 20.8 Å². The fraction of sp³-hybridized carbons (Fsp3) is 0.850. The molecule has 1 saturated carbocycles. The molecule has 0 saturated heterocycles. The molecule has 1 aliphatic rings. The van der Waals surface area contributed by atoms with E-state index < -0.39 is 0 Å². The third-order valence-electron chi connectivity index (χ3n) is 4.80. The fourth-order valence-corrected chi connectivity index (χ4v) is 3.28. The number of amides is 2. The van der Waals surface area contributed by atoms with Gasteiger partial charge < -0.3 is 15.4 Å². The first kappa shape index (κ1) is 22.6. The molecule has 0 aromatic rings. The molecule has 6 nitrogen and oxygen atoms in total. The second-order valence-corrected chi connectivity index (χ2v) is 7.49. The lowest BCUT2D eigenvalue weighted by atomic mass is 9.80. The van der Waals surface area contributed by atoms with E-state index in [4.69, 9.17) is 4.74 Å². The first-order valence-corrected chi connectivity index (χ1v) is 10.1. The van der Waals surface area contributed by atoms with Gasteiger partial charge in [0.15, 0.2) is 0 Å². The summed E-state index contributed by atoms with van der Waals surface area (Å²) in [6.45, 7) is 7.44.